The van der Waals surface area contributed by atoms with Gasteiger partial charge in [0.25, 0.3) is 5.91 Å². The average Bonchev–Trinajstić information content (AvgIpc) is 2.34. The van der Waals surface area contributed by atoms with E-state index in [9.17, 15) is 14.3 Å². The van der Waals surface area contributed by atoms with Crippen LogP contribution in [0.25, 0.3) is 0 Å². The van der Waals surface area contributed by atoms with Crippen LogP contribution in [0.5, 0.6) is 5.75 Å². The van der Waals surface area contributed by atoms with Crippen molar-refractivity contribution in [1.82, 2.24) is 5.32 Å². The van der Waals surface area contributed by atoms with E-state index < -0.39 is 11.9 Å². The van der Waals surface area contributed by atoms with Crippen molar-refractivity contribution in [2.45, 2.75) is 26.9 Å². The number of ether oxygens (including phenoxy) is 1. The van der Waals surface area contributed by atoms with Crippen LogP contribution >= 0.6 is 0 Å². The number of carbonyl (C=O) groups excluding carboxylic acids is 1. The summed E-state index contributed by atoms with van der Waals surface area (Å²) in [5.41, 5.74) is 0.467. The van der Waals surface area contributed by atoms with Gasteiger partial charge in [0.2, 0.25) is 0 Å². The number of nitrogens with one attached hydrogen (secondary N) is 1. The number of aliphatic hydroxyl groups excluding tert-OH is 1. The Hall–Kier alpha value is -1.62. The van der Waals surface area contributed by atoms with Crippen LogP contribution in [0, 0.1) is 11.7 Å². The Morgan fingerprint density at radius 1 is 1.42 bits per heavy atom. The summed E-state index contributed by atoms with van der Waals surface area (Å²) in [6.45, 7) is 5.85. The van der Waals surface area contributed by atoms with Gasteiger partial charge in [-0.15, -0.1) is 0 Å². The number of hydrogen-bond acceptors (Lipinski definition) is 3. The zero-order valence-corrected chi connectivity index (χ0v) is 11.4. The topological polar surface area (TPSA) is 58.6 Å². The predicted octanol–water partition coefficient (Wildman–Crippen LogP) is 2.03. The van der Waals surface area contributed by atoms with Crippen LogP contribution in [0.15, 0.2) is 18.2 Å². The normalized spacial score (nSPS) is 12.3. The Morgan fingerprint density at radius 2 is 2.11 bits per heavy atom. The third-order valence-electron chi connectivity index (χ3n) is 2.50. The second kappa shape index (κ2) is 7.09. The van der Waals surface area contributed by atoms with Crippen molar-refractivity contribution in [2.75, 3.05) is 13.2 Å². The molecule has 5 heteroatoms. The Morgan fingerprint density at radius 3 is 2.63 bits per heavy atom. The van der Waals surface area contributed by atoms with Crippen molar-refractivity contribution in [1.29, 1.82) is 0 Å². The fourth-order valence-corrected chi connectivity index (χ4v) is 1.41. The van der Waals surface area contributed by atoms with Gasteiger partial charge in [0.1, 0.15) is 0 Å². The molecule has 0 unspecified atom stereocenters. The van der Waals surface area contributed by atoms with Crippen molar-refractivity contribution in [3.8, 4) is 5.75 Å². The molecular weight excluding hydrogens is 249 g/mol. The maximum atomic E-state index is 13.6. The molecule has 19 heavy (non-hydrogen) atoms. The second-order valence-corrected chi connectivity index (χ2v) is 4.85. The van der Waals surface area contributed by atoms with Gasteiger partial charge in [-0.1, -0.05) is 19.9 Å². The molecule has 0 spiro atoms. The van der Waals surface area contributed by atoms with Gasteiger partial charge in [0.15, 0.2) is 18.2 Å². The molecule has 1 atom stereocenters. The second-order valence-electron chi connectivity index (χ2n) is 4.85. The van der Waals surface area contributed by atoms with Gasteiger partial charge in [-0.25, -0.2) is 4.39 Å². The monoisotopic (exact) mass is 269 g/mol. The smallest absolute Gasteiger partial charge is 0.257 e. The minimum absolute atomic E-state index is 0.00379. The highest BCUT2D eigenvalue weighted by atomic mass is 19.1. The van der Waals surface area contributed by atoms with Crippen LogP contribution in [0.4, 0.5) is 4.39 Å². The molecule has 0 bridgehead atoms. The summed E-state index contributed by atoms with van der Waals surface area (Å²) < 4.78 is 18.7. The third-order valence-corrected chi connectivity index (χ3v) is 2.50. The van der Waals surface area contributed by atoms with Crippen LogP contribution in [0.2, 0.25) is 0 Å². The molecule has 0 radical (unpaired) electrons. The van der Waals surface area contributed by atoms with E-state index in [0.29, 0.717) is 18.0 Å². The lowest BCUT2D eigenvalue weighted by molar-refractivity contribution is -0.123. The Labute approximate surface area is 112 Å². The van der Waals surface area contributed by atoms with Gasteiger partial charge in [-0.2, -0.15) is 0 Å². The first-order chi connectivity index (χ1) is 8.90. The Bertz CT molecular complexity index is 433. The number of carbonyl (C=O) groups is 1. The molecule has 0 saturated carbocycles. The zero-order chi connectivity index (χ0) is 14.4. The van der Waals surface area contributed by atoms with E-state index in [1.807, 2.05) is 13.8 Å². The summed E-state index contributed by atoms with van der Waals surface area (Å²) >= 11 is 0. The molecule has 1 amide bonds. The first-order valence-corrected chi connectivity index (χ1v) is 6.27. The number of halogens is 1. The summed E-state index contributed by atoms with van der Waals surface area (Å²) in [4.78, 5) is 11.4. The number of amides is 1. The largest absolute Gasteiger partial charge is 0.481 e. The van der Waals surface area contributed by atoms with E-state index in [1.165, 1.54) is 12.1 Å². The predicted molar refractivity (Wildman–Crippen MR) is 70.4 cm³/mol. The highest BCUT2D eigenvalue weighted by Crippen LogP contribution is 2.21. The molecule has 2 N–H and O–H groups in total. The highest BCUT2D eigenvalue weighted by molar-refractivity contribution is 5.77. The van der Waals surface area contributed by atoms with E-state index in [-0.39, 0.29) is 18.3 Å². The van der Waals surface area contributed by atoms with E-state index >= 15 is 0 Å². The van der Waals surface area contributed by atoms with Gasteiger partial charge < -0.3 is 15.2 Å². The lowest BCUT2D eigenvalue weighted by Crippen LogP contribution is -2.31. The lowest BCUT2D eigenvalue weighted by atomic mass is 10.1. The molecule has 1 aromatic rings. The highest BCUT2D eigenvalue weighted by Gasteiger charge is 2.10. The standard InChI is InChI=1S/C14H20FNO3/c1-9(2)7-16-14(18)8-19-13-5-4-11(10(3)17)6-12(13)15/h4-6,9-10,17H,7-8H2,1-3H3,(H,16,18)/t10-/m0/s1. The van der Waals surface area contributed by atoms with Gasteiger partial charge >= 0.3 is 0 Å². The molecule has 0 fully saturated rings. The molecule has 1 aromatic carbocycles. The average molecular weight is 269 g/mol. The third kappa shape index (κ3) is 5.26. The Balaban J connectivity index is 2.51. The van der Waals surface area contributed by atoms with E-state index in [4.69, 9.17) is 4.74 Å². The van der Waals surface area contributed by atoms with Crippen molar-refractivity contribution in [2.24, 2.45) is 5.92 Å². The summed E-state index contributed by atoms with van der Waals surface area (Å²) in [5, 5.41) is 12.0. The van der Waals surface area contributed by atoms with Crippen molar-refractivity contribution in [3.05, 3.63) is 29.6 Å². The molecule has 4 nitrogen and oxygen atoms in total. The van der Waals surface area contributed by atoms with E-state index in [2.05, 4.69) is 5.32 Å². The van der Waals surface area contributed by atoms with Crippen molar-refractivity contribution < 1.29 is 19.0 Å². The van der Waals surface area contributed by atoms with Crippen LogP contribution in [-0.2, 0) is 4.79 Å². The van der Waals surface area contributed by atoms with Crippen LogP contribution in [0.3, 0.4) is 0 Å². The Kier molecular flexibility index (Phi) is 5.76. The molecule has 106 valence electrons. The van der Waals surface area contributed by atoms with E-state index in [0.717, 1.165) is 0 Å². The maximum absolute atomic E-state index is 13.6. The fraction of sp³-hybridized carbons (Fsp3) is 0.500. The summed E-state index contributed by atoms with van der Waals surface area (Å²) in [6.07, 6.45) is -0.738. The van der Waals surface area contributed by atoms with Crippen LogP contribution in [0.1, 0.15) is 32.4 Å². The number of aliphatic hydroxyl groups is 1. The van der Waals surface area contributed by atoms with Gasteiger partial charge in [-0.05, 0) is 30.5 Å². The number of rotatable bonds is 6. The quantitative estimate of drug-likeness (QED) is 0.830. The molecule has 1 rings (SSSR count). The number of benzene rings is 1. The van der Waals surface area contributed by atoms with Crippen molar-refractivity contribution >= 4 is 5.91 Å². The minimum Gasteiger partial charge on any atom is -0.481 e. The summed E-state index contributed by atoms with van der Waals surface area (Å²) in [5.74, 6) is -0.516. The van der Waals surface area contributed by atoms with Gasteiger partial charge in [0, 0.05) is 6.54 Å². The summed E-state index contributed by atoms with van der Waals surface area (Å²) in [6, 6.07) is 4.17. The molecule has 0 aliphatic heterocycles. The number of hydrogen-bond donors (Lipinski definition) is 2. The van der Waals surface area contributed by atoms with Gasteiger partial charge in [0.05, 0.1) is 6.10 Å². The van der Waals surface area contributed by atoms with Crippen LogP contribution < -0.4 is 10.1 Å². The maximum Gasteiger partial charge on any atom is 0.257 e. The molecular formula is C14H20FNO3. The fourth-order valence-electron chi connectivity index (χ4n) is 1.41. The first-order valence-electron chi connectivity index (χ1n) is 6.27. The molecule has 0 aliphatic rings. The van der Waals surface area contributed by atoms with Crippen LogP contribution in [-0.4, -0.2) is 24.2 Å². The molecule has 0 aliphatic carbocycles. The minimum atomic E-state index is -0.738. The first kappa shape index (κ1) is 15.4. The molecule has 0 aromatic heterocycles. The SMILES string of the molecule is CC(C)CNC(=O)COc1ccc([C@H](C)O)cc1F. The lowest BCUT2D eigenvalue weighted by Gasteiger charge is -2.11. The van der Waals surface area contributed by atoms with Gasteiger partial charge in [-0.3, -0.25) is 4.79 Å². The van der Waals surface area contributed by atoms with E-state index in [1.54, 1.807) is 13.0 Å². The zero-order valence-electron chi connectivity index (χ0n) is 11.4. The molecule has 0 saturated heterocycles. The molecule has 0 heterocycles. The van der Waals surface area contributed by atoms with Crippen molar-refractivity contribution in [3.63, 3.8) is 0 Å². The summed E-state index contributed by atoms with van der Waals surface area (Å²) in [7, 11) is 0.